The molecule has 0 aliphatic heterocycles. The van der Waals surface area contributed by atoms with E-state index in [0.29, 0.717) is 11.5 Å². The van der Waals surface area contributed by atoms with Crippen molar-refractivity contribution in [3.63, 3.8) is 0 Å². The number of benzene rings is 1. The van der Waals surface area contributed by atoms with Gasteiger partial charge in [-0.05, 0) is 43.0 Å². The topological polar surface area (TPSA) is 26.3 Å². The second-order valence-electron chi connectivity index (χ2n) is 4.35. The molecule has 0 aliphatic carbocycles. The van der Waals surface area contributed by atoms with E-state index < -0.39 is 0 Å². The number of aldehydes is 1. The van der Waals surface area contributed by atoms with E-state index in [1.54, 1.807) is 6.07 Å². The summed E-state index contributed by atoms with van der Waals surface area (Å²) in [6.45, 7) is 7.08. The molecule has 0 spiro atoms. The smallest absolute Gasteiger partial charge is 0.150 e. The van der Waals surface area contributed by atoms with Gasteiger partial charge < -0.3 is 4.74 Å². The van der Waals surface area contributed by atoms with Crippen molar-refractivity contribution in [3.05, 3.63) is 29.3 Å². The van der Waals surface area contributed by atoms with Gasteiger partial charge in [0, 0.05) is 5.56 Å². The molecular weight excluding hydrogens is 200 g/mol. The first kappa shape index (κ1) is 12.8. The lowest BCUT2D eigenvalue weighted by molar-refractivity contribution is 0.112. The maximum atomic E-state index is 10.6. The Labute approximate surface area is 97.6 Å². The number of hydrogen-bond acceptors (Lipinski definition) is 2. The molecule has 0 saturated carbocycles. The van der Waals surface area contributed by atoms with Crippen LogP contribution >= 0.6 is 0 Å². The van der Waals surface area contributed by atoms with E-state index >= 15 is 0 Å². The lowest BCUT2D eigenvalue weighted by atomic mass is 10.1. The van der Waals surface area contributed by atoms with Crippen LogP contribution in [-0.4, -0.2) is 12.9 Å². The largest absolute Gasteiger partial charge is 0.493 e. The van der Waals surface area contributed by atoms with Crippen LogP contribution in [-0.2, 0) is 0 Å². The van der Waals surface area contributed by atoms with E-state index in [0.717, 1.165) is 24.2 Å². The highest BCUT2D eigenvalue weighted by molar-refractivity contribution is 5.75. The number of carbonyl (C=O) groups excluding carboxylic acids is 1. The Morgan fingerprint density at radius 1 is 1.44 bits per heavy atom. The van der Waals surface area contributed by atoms with Crippen molar-refractivity contribution in [2.75, 3.05) is 6.61 Å². The van der Waals surface area contributed by atoms with Crippen LogP contribution in [0.2, 0.25) is 0 Å². The normalized spacial score (nSPS) is 12.2. The lowest BCUT2D eigenvalue weighted by Gasteiger charge is -2.13. The van der Waals surface area contributed by atoms with E-state index in [4.69, 9.17) is 4.74 Å². The molecule has 0 fully saturated rings. The second kappa shape index (κ2) is 6.31. The molecule has 0 heterocycles. The van der Waals surface area contributed by atoms with Crippen molar-refractivity contribution in [1.82, 2.24) is 0 Å². The average Bonchev–Trinajstić information content (AvgIpc) is 2.27. The van der Waals surface area contributed by atoms with Gasteiger partial charge in [0.1, 0.15) is 12.0 Å². The Morgan fingerprint density at radius 2 is 2.19 bits per heavy atom. The van der Waals surface area contributed by atoms with E-state index in [-0.39, 0.29) is 0 Å². The fraction of sp³-hybridized carbons (Fsp3) is 0.500. The summed E-state index contributed by atoms with van der Waals surface area (Å²) in [5.74, 6) is 1.46. The van der Waals surface area contributed by atoms with Gasteiger partial charge in [-0.3, -0.25) is 4.79 Å². The summed E-state index contributed by atoms with van der Waals surface area (Å²) in [5.41, 5.74) is 1.72. The number of rotatable bonds is 6. The monoisotopic (exact) mass is 220 g/mol. The zero-order chi connectivity index (χ0) is 12.0. The lowest BCUT2D eigenvalue weighted by Crippen LogP contribution is -2.08. The molecular formula is C14H20O2. The Hall–Kier alpha value is -1.31. The summed E-state index contributed by atoms with van der Waals surface area (Å²) >= 11 is 0. The van der Waals surface area contributed by atoms with Gasteiger partial charge in [-0.25, -0.2) is 0 Å². The van der Waals surface area contributed by atoms with Crippen molar-refractivity contribution in [1.29, 1.82) is 0 Å². The van der Waals surface area contributed by atoms with Crippen LogP contribution in [0.25, 0.3) is 0 Å². The molecule has 1 atom stereocenters. The molecule has 0 saturated heterocycles. The number of carbonyl (C=O) groups is 1. The minimum Gasteiger partial charge on any atom is -0.493 e. The molecule has 1 rings (SSSR count). The minimum atomic E-state index is 0.579. The molecule has 88 valence electrons. The molecule has 2 nitrogen and oxygen atoms in total. The van der Waals surface area contributed by atoms with Gasteiger partial charge in [-0.2, -0.15) is 0 Å². The maximum absolute atomic E-state index is 10.6. The first-order chi connectivity index (χ1) is 7.67. The summed E-state index contributed by atoms with van der Waals surface area (Å²) in [4.78, 5) is 10.6. The third-order valence-corrected chi connectivity index (χ3v) is 2.64. The molecule has 0 N–H and O–H groups in total. The van der Waals surface area contributed by atoms with Crippen molar-refractivity contribution < 1.29 is 9.53 Å². The summed E-state index contributed by atoms with van der Waals surface area (Å²) in [7, 11) is 0. The highest BCUT2D eigenvalue weighted by atomic mass is 16.5. The van der Waals surface area contributed by atoms with E-state index in [1.807, 2.05) is 19.1 Å². The van der Waals surface area contributed by atoms with Gasteiger partial charge in [0.05, 0.1) is 6.61 Å². The summed E-state index contributed by atoms with van der Waals surface area (Å²) in [6.07, 6.45) is 3.23. The van der Waals surface area contributed by atoms with Gasteiger partial charge in [0.2, 0.25) is 0 Å². The van der Waals surface area contributed by atoms with Gasteiger partial charge >= 0.3 is 0 Å². The molecule has 0 radical (unpaired) electrons. The zero-order valence-electron chi connectivity index (χ0n) is 10.3. The van der Waals surface area contributed by atoms with Crippen molar-refractivity contribution >= 4 is 6.29 Å². The number of hydrogen-bond donors (Lipinski definition) is 0. The molecule has 0 amide bonds. The molecule has 1 aromatic rings. The van der Waals surface area contributed by atoms with E-state index in [2.05, 4.69) is 13.8 Å². The van der Waals surface area contributed by atoms with Gasteiger partial charge in [-0.1, -0.05) is 20.3 Å². The molecule has 0 bridgehead atoms. The number of aryl methyl sites for hydroxylation is 1. The fourth-order valence-electron chi connectivity index (χ4n) is 1.72. The summed E-state index contributed by atoms with van der Waals surface area (Å²) in [5, 5.41) is 0. The third-order valence-electron chi connectivity index (χ3n) is 2.64. The maximum Gasteiger partial charge on any atom is 0.150 e. The van der Waals surface area contributed by atoms with Crippen molar-refractivity contribution in [2.45, 2.75) is 33.6 Å². The summed E-state index contributed by atoms with van der Waals surface area (Å²) < 4.78 is 5.73. The van der Waals surface area contributed by atoms with Crippen LogP contribution in [0.15, 0.2) is 18.2 Å². The van der Waals surface area contributed by atoms with Crippen molar-refractivity contribution in [3.8, 4) is 5.75 Å². The zero-order valence-corrected chi connectivity index (χ0v) is 10.3. The van der Waals surface area contributed by atoms with Crippen LogP contribution in [0.3, 0.4) is 0 Å². The quantitative estimate of drug-likeness (QED) is 0.684. The fourth-order valence-corrected chi connectivity index (χ4v) is 1.72. The predicted molar refractivity (Wildman–Crippen MR) is 66.1 cm³/mol. The van der Waals surface area contributed by atoms with E-state index in [9.17, 15) is 4.79 Å². The van der Waals surface area contributed by atoms with Crippen LogP contribution < -0.4 is 4.74 Å². The van der Waals surface area contributed by atoms with E-state index in [1.165, 1.54) is 12.8 Å². The molecule has 0 aromatic heterocycles. The predicted octanol–water partition coefficient (Wildman–Crippen LogP) is 3.62. The Bertz CT molecular complexity index is 345. The van der Waals surface area contributed by atoms with Crippen LogP contribution in [0.5, 0.6) is 5.75 Å². The first-order valence-corrected chi connectivity index (χ1v) is 5.86. The highest BCUT2D eigenvalue weighted by Crippen LogP contribution is 2.19. The van der Waals surface area contributed by atoms with Crippen LogP contribution in [0, 0.1) is 12.8 Å². The third kappa shape index (κ3) is 3.69. The van der Waals surface area contributed by atoms with Crippen molar-refractivity contribution in [2.24, 2.45) is 5.92 Å². The van der Waals surface area contributed by atoms with Crippen LogP contribution in [0.1, 0.15) is 42.6 Å². The second-order valence-corrected chi connectivity index (χ2v) is 4.35. The Morgan fingerprint density at radius 3 is 2.75 bits per heavy atom. The molecule has 1 unspecified atom stereocenters. The molecule has 1 aromatic carbocycles. The average molecular weight is 220 g/mol. The van der Waals surface area contributed by atoms with Gasteiger partial charge in [-0.15, -0.1) is 0 Å². The standard InChI is InChI=1S/C14H20O2/c1-4-5-11(2)10-16-14-7-6-13(9-15)8-12(14)3/h6-9,11H,4-5,10H2,1-3H3. The Kier molecular flexibility index (Phi) is 5.03. The number of ether oxygens (including phenoxy) is 1. The van der Waals surface area contributed by atoms with Crippen LogP contribution in [0.4, 0.5) is 0 Å². The molecule has 2 heteroatoms. The SMILES string of the molecule is CCCC(C)COc1ccc(C=O)cc1C. The Balaban J connectivity index is 2.57. The van der Waals surface area contributed by atoms with Gasteiger partial charge in [0.15, 0.2) is 0 Å². The minimum absolute atomic E-state index is 0.579. The highest BCUT2D eigenvalue weighted by Gasteiger charge is 2.04. The first-order valence-electron chi connectivity index (χ1n) is 5.86. The molecule has 0 aliphatic rings. The summed E-state index contributed by atoms with van der Waals surface area (Å²) in [6, 6.07) is 5.52. The molecule has 16 heavy (non-hydrogen) atoms. The van der Waals surface area contributed by atoms with Gasteiger partial charge in [0.25, 0.3) is 0 Å².